The molecule has 0 aromatic rings. The first-order valence-corrected chi connectivity index (χ1v) is 12.3. The predicted molar refractivity (Wildman–Crippen MR) is 105 cm³/mol. The molecule has 2 nitrogen and oxygen atoms in total. The Morgan fingerprint density at radius 1 is 0.333 bits per heavy atom. The fraction of sp³-hybridized carbons (Fsp3) is 0.952. The van der Waals surface area contributed by atoms with E-state index in [0.29, 0.717) is 13.8 Å². The van der Waals surface area contributed by atoms with Crippen LogP contribution < -0.4 is 0 Å². The first kappa shape index (κ1) is 51.3. The van der Waals surface area contributed by atoms with E-state index in [1.807, 2.05) is 0 Å². The number of carbonyl (C=O) groups excluding carboxylic acids is 1. The van der Waals surface area contributed by atoms with Gasteiger partial charge in [0.2, 0.25) is 0 Å². The predicted octanol–water partition coefficient (Wildman–Crippen LogP) is 11.4. The monoisotopic (exact) mass is 884 g/mol. The third-order valence-corrected chi connectivity index (χ3v) is 7.11. The molecular weight excluding hydrogens is 873 g/mol. The minimum absolute atomic E-state index is 0.396. The van der Waals surface area contributed by atoms with Crippen molar-refractivity contribution in [2.24, 2.45) is 5.41 Å². The molecule has 0 aliphatic carbocycles. The topological polar surface area (TPSA) is 26.3 Å². The van der Waals surface area contributed by atoms with Crippen molar-refractivity contribution in [1.29, 1.82) is 0 Å². The van der Waals surface area contributed by atoms with Gasteiger partial charge < -0.3 is 4.74 Å². The number of halogens is 31. The van der Waals surface area contributed by atoms with E-state index in [2.05, 4.69) is 4.74 Å². The molecule has 0 aromatic carbocycles. The molecule has 0 saturated heterocycles. The smallest absolute Gasteiger partial charge is 0.396 e. The second kappa shape index (κ2) is 12.7. The average Bonchev–Trinajstić information content (AvgIpc) is 2.94. The number of esters is 1. The maximum absolute atomic E-state index is 14.0. The quantitative estimate of drug-likeness (QED) is 0.114. The first-order chi connectivity index (χ1) is 22.7. The highest BCUT2D eigenvalue weighted by Gasteiger charge is 3.01. The molecule has 33 heteroatoms. The lowest BCUT2D eigenvalue weighted by atomic mass is 9.83. The summed E-state index contributed by atoms with van der Waals surface area (Å²) in [4.78, 5) is 11.5. The fourth-order valence-electron chi connectivity index (χ4n) is 2.99. The van der Waals surface area contributed by atoms with E-state index >= 15 is 0 Å². The van der Waals surface area contributed by atoms with Crippen LogP contribution in [0.2, 0.25) is 0 Å². The summed E-state index contributed by atoms with van der Waals surface area (Å²) in [5, 5.41) is 0. The fourth-order valence-corrected chi connectivity index (χ4v) is 2.99. The number of carbonyl (C=O) groups is 1. The van der Waals surface area contributed by atoms with Crippen LogP contribution in [0.3, 0.4) is 0 Å². The third-order valence-electron chi connectivity index (χ3n) is 7.11. The SMILES string of the molecule is CCC(C)(C)C(=O)OC(F)(F)C(F)(F)C(F)(F)C(F)(F)C(F)(F)C(F)(F)C(F)(F)C(F)(F)C(F)(F)C(F)(F)C(F)(F)C(F)(F)C(F)(F)C(F)(F)C(F)(F)F. The second-order valence-electron chi connectivity index (χ2n) is 11.1. The van der Waals surface area contributed by atoms with Gasteiger partial charge in [-0.15, -0.1) is 0 Å². The van der Waals surface area contributed by atoms with Crippen molar-refractivity contribution in [3.05, 3.63) is 0 Å². The highest BCUT2D eigenvalue weighted by atomic mass is 19.4. The normalized spacial score (nSPS) is 16.9. The summed E-state index contributed by atoms with van der Waals surface area (Å²) in [7, 11) is 0. The van der Waals surface area contributed by atoms with Gasteiger partial charge in [0, 0.05) is 0 Å². The average molecular weight is 884 g/mol. The molecule has 0 radical (unpaired) electrons. The summed E-state index contributed by atoms with van der Waals surface area (Å²) < 4.78 is 423. The summed E-state index contributed by atoms with van der Waals surface area (Å²) in [5.41, 5.74) is -2.58. The van der Waals surface area contributed by atoms with Crippen molar-refractivity contribution < 1.29 is 146 Å². The van der Waals surface area contributed by atoms with Gasteiger partial charge in [0.15, 0.2) is 0 Å². The number of rotatable bonds is 16. The van der Waals surface area contributed by atoms with Crippen molar-refractivity contribution in [2.75, 3.05) is 0 Å². The van der Waals surface area contributed by atoms with Gasteiger partial charge in [0.05, 0.1) is 5.41 Å². The maximum Gasteiger partial charge on any atom is 0.473 e. The number of hydrogen-bond acceptors (Lipinski definition) is 2. The Morgan fingerprint density at radius 2 is 0.500 bits per heavy atom. The number of ether oxygens (including phenoxy) is 1. The Hall–Kier alpha value is -2.70. The minimum atomic E-state index is -10.1. The molecule has 0 spiro atoms. The van der Waals surface area contributed by atoms with Crippen molar-refractivity contribution >= 4 is 5.97 Å². The molecule has 0 rings (SSSR count). The summed E-state index contributed by atoms with van der Waals surface area (Å²) in [5.74, 6) is -128. The Bertz CT molecular complexity index is 1380. The molecule has 0 saturated carbocycles. The van der Waals surface area contributed by atoms with E-state index in [1.165, 1.54) is 0 Å². The summed E-state index contributed by atoms with van der Waals surface area (Å²) in [6.45, 7) is 1.56. The second-order valence-corrected chi connectivity index (χ2v) is 11.1. The lowest BCUT2D eigenvalue weighted by Crippen LogP contribution is -2.79. The highest BCUT2D eigenvalue weighted by Crippen LogP contribution is 2.69. The molecule has 0 heterocycles. The van der Waals surface area contributed by atoms with E-state index < -0.39 is 107 Å². The zero-order valence-electron chi connectivity index (χ0n) is 24.7. The molecule has 0 unspecified atom stereocenters. The van der Waals surface area contributed by atoms with Gasteiger partial charge in [-0.05, 0) is 20.3 Å². The maximum atomic E-state index is 14.0. The van der Waals surface area contributed by atoms with Gasteiger partial charge in [-0.3, -0.25) is 4.79 Å². The first-order valence-electron chi connectivity index (χ1n) is 12.3. The largest absolute Gasteiger partial charge is 0.473 e. The highest BCUT2D eigenvalue weighted by molar-refractivity contribution is 5.76. The molecule has 324 valence electrons. The lowest BCUT2D eigenvalue weighted by Gasteiger charge is -2.46. The molecule has 0 N–H and O–H groups in total. The van der Waals surface area contributed by atoms with Crippen molar-refractivity contribution in [1.82, 2.24) is 0 Å². The van der Waals surface area contributed by atoms with E-state index in [9.17, 15) is 141 Å². The van der Waals surface area contributed by atoms with Crippen LogP contribution in [0.25, 0.3) is 0 Å². The summed E-state index contributed by atoms with van der Waals surface area (Å²) in [6.07, 6.45) is -16.9. The van der Waals surface area contributed by atoms with Crippen LogP contribution >= 0.6 is 0 Å². The van der Waals surface area contributed by atoms with Gasteiger partial charge in [-0.1, -0.05) is 6.92 Å². The van der Waals surface area contributed by atoms with Crippen molar-refractivity contribution in [2.45, 2.75) is 116 Å². The number of hydrogen-bond donors (Lipinski definition) is 0. The standard InChI is InChI=1S/C21H11F31O2/c1-4-6(2,3)5(53)54-21(51,52)19(46,47)17(42,43)15(38,39)13(34,35)11(30,31)9(26,27)7(22,23)8(24,25)10(28,29)12(32,33)14(36,37)16(40,41)18(44,45)20(48,49)50/h4H2,1-3H3. The van der Waals surface area contributed by atoms with E-state index in [1.54, 1.807) is 0 Å². The van der Waals surface area contributed by atoms with Crippen LogP contribution in [0, 0.1) is 5.41 Å². The van der Waals surface area contributed by atoms with E-state index in [-0.39, 0.29) is 0 Å². The zero-order valence-corrected chi connectivity index (χ0v) is 24.7. The van der Waals surface area contributed by atoms with Crippen LogP contribution in [-0.2, 0) is 9.53 Å². The van der Waals surface area contributed by atoms with Gasteiger partial charge in [-0.2, -0.15) is 136 Å². The lowest BCUT2D eigenvalue weighted by molar-refractivity contribution is -0.492. The van der Waals surface area contributed by atoms with E-state index in [4.69, 9.17) is 0 Å². The molecule has 0 aromatic heterocycles. The molecule has 54 heavy (non-hydrogen) atoms. The van der Waals surface area contributed by atoms with Crippen LogP contribution in [-0.4, -0.2) is 95.2 Å². The van der Waals surface area contributed by atoms with Crippen LogP contribution in [0.15, 0.2) is 0 Å². The summed E-state index contributed by atoms with van der Waals surface area (Å²) in [6, 6.07) is 0. The van der Waals surface area contributed by atoms with Crippen molar-refractivity contribution in [3.8, 4) is 0 Å². The van der Waals surface area contributed by atoms with E-state index in [0.717, 1.165) is 6.92 Å². The molecule has 0 amide bonds. The zero-order chi connectivity index (χ0) is 45.0. The van der Waals surface area contributed by atoms with Gasteiger partial charge in [0.25, 0.3) is 0 Å². The summed E-state index contributed by atoms with van der Waals surface area (Å²) >= 11 is 0. The molecule has 0 bridgehead atoms. The van der Waals surface area contributed by atoms with Crippen LogP contribution in [0.4, 0.5) is 136 Å². The Labute approximate surface area is 274 Å². The van der Waals surface area contributed by atoms with Crippen molar-refractivity contribution in [3.63, 3.8) is 0 Å². The van der Waals surface area contributed by atoms with Gasteiger partial charge in [-0.25, -0.2) is 0 Å². The molecule has 0 aliphatic rings. The Kier molecular flexibility index (Phi) is 12.0. The molecule has 0 aliphatic heterocycles. The Balaban J connectivity index is 7.63. The minimum Gasteiger partial charge on any atom is -0.396 e. The number of alkyl halides is 31. The third kappa shape index (κ3) is 6.10. The molecule has 0 atom stereocenters. The van der Waals surface area contributed by atoms with Crippen LogP contribution in [0.5, 0.6) is 0 Å². The van der Waals surface area contributed by atoms with Gasteiger partial charge in [0.1, 0.15) is 0 Å². The Morgan fingerprint density at radius 3 is 0.667 bits per heavy atom. The molecular formula is C21H11F31O2. The van der Waals surface area contributed by atoms with Gasteiger partial charge >= 0.3 is 95.2 Å². The van der Waals surface area contributed by atoms with Crippen LogP contribution in [0.1, 0.15) is 27.2 Å². The molecule has 0 fully saturated rings.